The van der Waals surface area contributed by atoms with Gasteiger partial charge in [0.15, 0.2) is 0 Å². The third-order valence-corrected chi connectivity index (χ3v) is 0.333. The molecule has 0 amide bonds. The predicted octanol–water partition coefficient (Wildman–Crippen LogP) is -2.18. The van der Waals surface area contributed by atoms with Crippen LogP contribution in [0.15, 0.2) is 0 Å². The van der Waals surface area contributed by atoms with Crippen molar-refractivity contribution in [1.82, 2.24) is 0 Å². The van der Waals surface area contributed by atoms with E-state index in [1.807, 2.05) is 0 Å². The quantitative estimate of drug-likeness (QED) is 0.273. The van der Waals surface area contributed by atoms with E-state index in [4.69, 9.17) is 0 Å². The smallest absolute Gasteiger partial charge is 0.467 e. The summed E-state index contributed by atoms with van der Waals surface area (Å²) in [6.07, 6.45) is -6.32. The second-order valence-electron chi connectivity index (χ2n) is 0.954. The third-order valence-electron chi connectivity index (χ3n) is 0.333. The molecule has 7 nitrogen and oxygen atoms in total. The molecule has 76 valence electrons. The molecule has 9 heteroatoms. The molecule has 0 aliphatic rings. The van der Waals surface area contributed by atoms with Crippen LogP contribution < -0.4 is 10.2 Å². The largest absolute Gasteiger partial charge is 1.00 e. The van der Waals surface area contributed by atoms with E-state index in [9.17, 15) is 24.6 Å². The van der Waals surface area contributed by atoms with Crippen LogP contribution in [-0.2, 0) is 54.2 Å². The average molecular weight is 364 g/mol. The van der Waals surface area contributed by atoms with Gasteiger partial charge in [-0.2, -0.15) is 0 Å². The number of hydrogen-bond donors (Lipinski definition) is 0. The van der Waals surface area contributed by atoms with Crippen molar-refractivity contribution < 1.29 is 78.8 Å². The zero-order chi connectivity index (χ0) is 8.15. The molecule has 0 aliphatic heterocycles. The molecule has 0 atom stereocenters. The number of ether oxygens (including phenoxy) is 2. The molecule has 0 radical (unpaired) electrons. The molecule has 0 aromatic carbocycles. The van der Waals surface area contributed by atoms with Crippen LogP contribution in [0.2, 0.25) is 0 Å². The predicted molar refractivity (Wildman–Crippen MR) is 18.4 cm³/mol. The van der Waals surface area contributed by atoms with Gasteiger partial charge in [-0.1, -0.05) is 0 Å². The van der Waals surface area contributed by atoms with E-state index in [0.29, 0.717) is 0 Å². The van der Waals surface area contributed by atoms with Gasteiger partial charge in [-0.05, 0) is 0 Å². The molecular formula is C3Ag2O7. The van der Waals surface area contributed by atoms with E-state index in [2.05, 4.69) is 9.47 Å². The summed E-state index contributed by atoms with van der Waals surface area (Å²) >= 11 is 0. The van der Waals surface area contributed by atoms with Gasteiger partial charge in [0.1, 0.15) is 0 Å². The van der Waals surface area contributed by atoms with Gasteiger partial charge in [-0.3, -0.25) is 0 Å². The van der Waals surface area contributed by atoms with Crippen LogP contribution in [0.25, 0.3) is 0 Å². The summed E-state index contributed by atoms with van der Waals surface area (Å²) in [5.74, 6) is 0. The summed E-state index contributed by atoms with van der Waals surface area (Å²) in [5, 5.41) is 18.7. The topological polar surface area (TPSA) is 116 Å². The second kappa shape index (κ2) is 8.78. The van der Waals surface area contributed by atoms with Crippen molar-refractivity contribution in [3.8, 4) is 0 Å². The molecule has 0 fully saturated rings. The van der Waals surface area contributed by atoms with E-state index in [1.54, 1.807) is 0 Å². The van der Waals surface area contributed by atoms with E-state index in [1.165, 1.54) is 0 Å². The normalized spacial score (nSPS) is 6.67. The first-order valence-electron chi connectivity index (χ1n) is 1.84. The molecular weight excluding hydrogens is 364 g/mol. The first-order chi connectivity index (χ1) is 4.52. The van der Waals surface area contributed by atoms with E-state index in [-0.39, 0.29) is 44.8 Å². The Labute approximate surface area is 97.0 Å². The Hall–Kier alpha value is -0.309. The summed E-state index contributed by atoms with van der Waals surface area (Å²) in [4.78, 5) is 28.5. The Morgan fingerprint density at radius 1 is 0.833 bits per heavy atom. The van der Waals surface area contributed by atoms with Crippen LogP contribution in [0.3, 0.4) is 0 Å². The van der Waals surface area contributed by atoms with Crippen molar-refractivity contribution in [2.24, 2.45) is 0 Å². The molecule has 0 aliphatic carbocycles. The van der Waals surface area contributed by atoms with Crippen molar-refractivity contribution >= 4 is 18.5 Å². The minimum absolute atomic E-state index is 0. The summed E-state index contributed by atoms with van der Waals surface area (Å²) in [7, 11) is 0. The Morgan fingerprint density at radius 2 is 1.08 bits per heavy atom. The maximum Gasteiger partial charge on any atom is 1.00 e. The average Bonchev–Trinajstić information content (AvgIpc) is 1.58. The van der Waals surface area contributed by atoms with Crippen LogP contribution >= 0.6 is 0 Å². The zero-order valence-corrected chi connectivity index (χ0v) is 7.93. The Morgan fingerprint density at radius 3 is 1.25 bits per heavy atom. The van der Waals surface area contributed by atoms with Crippen LogP contribution in [0.5, 0.6) is 0 Å². The van der Waals surface area contributed by atoms with Crippen molar-refractivity contribution in [3.05, 3.63) is 0 Å². The van der Waals surface area contributed by atoms with E-state index >= 15 is 0 Å². The maximum atomic E-state index is 9.78. The maximum absolute atomic E-state index is 9.78. The van der Waals surface area contributed by atoms with Gasteiger partial charge < -0.3 is 29.3 Å². The second-order valence-corrected chi connectivity index (χ2v) is 0.954. The van der Waals surface area contributed by atoms with Gasteiger partial charge in [0.25, 0.3) is 12.3 Å². The molecule has 0 heterocycles. The van der Waals surface area contributed by atoms with Crippen LogP contribution in [0.4, 0.5) is 14.4 Å². The Balaban J connectivity index is -0.000000405. The van der Waals surface area contributed by atoms with Gasteiger partial charge in [-0.15, -0.1) is 0 Å². The molecule has 0 unspecified atom stereocenters. The summed E-state index contributed by atoms with van der Waals surface area (Å²) in [6, 6.07) is 0. The van der Waals surface area contributed by atoms with E-state index < -0.39 is 18.5 Å². The molecule has 0 saturated carbocycles. The monoisotopic (exact) mass is 362 g/mol. The zero-order valence-electron chi connectivity index (χ0n) is 4.96. The van der Waals surface area contributed by atoms with Crippen molar-refractivity contribution in [3.63, 3.8) is 0 Å². The van der Waals surface area contributed by atoms with Gasteiger partial charge in [0.2, 0.25) is 0 Å². The standard InChI is InChI=1S/C3H2O7.2Ag/c4-1(5)9-3(8)10-2(6)7;;/h(H,4,5)(H,6,7);;/q;2*+1/p-2. The molecule has 0 rings (SSSR count). The Kier molecular flexibility index (Phi) is 12.9. The molecule has 0 N–H and O–H groups in total. The molecule has 0 aromatic rings. The molecule has 12 heavy (non-hydrogen) atoms. The fourth-order valence-corrected chi connectivity index (χ4v) is 0.157. The number of carbonyl (C=O) groups excluding carboxylic acids is 3. The Bertz CT molecular complexity index is 159. The van der Waals surface area contributed by atoms with E-state index in [0.717, 1.165) is 0 Å². The van der Waals surface area contributed by atoms with Crippen molar-refractivity contribution in [2.75, 3.05) is 0 Å². The van der Waals surface area contributed by atoms with Crippen LogP contribution in [0, 0.1) is 0 Å². The number of carboxylic acid groups (broad SMARTS) is 2. The summed E-state index contributed by atoms with van der Waals surface area (Å²) in [6.45, 7) is 0. The summed E-state index contributed by atoms with van der Waals surface area (Å²) in [5.41, 5.74) is 0. The molecule has 0 saturated heterocycles. The fraction of sp³-hybridized carbons (Fsp3) is 0. The summed E-state index contributed by atoms with van der Waals surface area (Å²) < 4.78 is 6.17. The van der Waals surface area contributed by atoms with Crippen LogP contribution in [0.1, 0.15) is 0 Å². The fourth-order valence-electron chi connectivity index (χ4n) is 0.157. The molecule has 0 aromatic heterocycles. The molecule has 0 bridgehead atoms. The number of rotatable bonds is 0. The van der Waals surface area contributed by atoms with Crippen molar-refractivity contribution in [1.29, 1.82) is 0 Å². The van der Waals surface area contributed by atoms with Crippen LogP contribution in [-0.4, -0.2) is 18.5 Å². The van der Waals surface area contributed by atoms with Gasteiger partial charge >= 0.3 is 50.9 Å². The van der Waals surface area contributed by atoms with Crippen molar-refractivity contribution in [2.45, 2.75) is 0 Å². The molecule has 0 spiro atoms. The number of hydrogen-bond acceptors (Lipinski definition) is 7. The SMILES string of the molecule is O=C([O-])OC(=O)OC(=O)[O-].[Ag+].[Ag+]. The number of carbonyl (C=O) groups is 3. The first kappa shape index (κ1) is 17.7. The first-order valence-corrected chi connectivity index (χ1v) is 1.84. The van der Waals surface area contributed by atoms with Gasteiger partial charge in [0, 0.05) is 0 Å². The van der Waals surface area contributed by atoms with Gasteiger partial charge in [0.05, 0.1) is 0 Å². The van der Waals surface area contributed by atoms with Gasteiger partial charge in [-0.25, -0.2) is 4.79 Å². The minimum Gasteiger partial charge on any atom is -0.467 e. The minimum atomic E-state index is -2.20. The third kappa shape index (κ3) is 12.4.